The molecule has 1 N–H and O–H groups in total. The van der Waals surface area contributed by atoms with E-state index in [9.17, 15) is 22.9 Å². The first-order valence-corrected chi connectivity index (χ1v) is 9.64. The normalized spacial score (nSPS) is 11.4. The summed E-state index contributed by atoms with van der Waals surface area (Å²) in [5.74, 6) is -1.24. The Morgan fingerprint density at radius 1 is 1.28 bits per heavy atom. The lowest BCUT2D eigenvalue weighted by Gasteiger charge is -2.16. The van der Waals surface area contributed by atoms with Gasteiger partial charge in [-0.3, -0.25) is 9.52 Å². The van der Waals surface area contributed by atoms with Crippen molar-refractivity contribution in [1.29, 1.82) is 5.26 Å². The maximum Gasteiger partial charge on any atom is 0.301 e. The van der Waals surface area contributed by atoms with Gasteiger partial charge in [0.25, 0.3) is 5.56 Å². The summed E-state index contributed by atoms with van der Waals surface area (Å²) in [6.07, 6.45) is 1.37. The summed E-state index contributed by atoms with van der Waals surface area (Å²) >= 11 is 0. The van der Waals surface area contributed by atoms with E-state index in [-0.39, 0.29) is 27.9 Å². The lowest BCUT2D eigenvalue weighted by Crippen LogP contribution is -2.29. The van der Waals surface area contributed by atoms with Gasteiger partial charge in [0, 0.05) is 21.1 Å². The number of halogens is 1. The molecule has 0 amide bonds. The number of hydrogen-bond donors (Lipinski definition) is 1. The van der Waals surface area contributed by atoms with Crippen LogP contribution in [-0.2, 0) is 17.3 Å². The van der Waals surface area contributed by atoms with Gasteiger partial charge in [-0.15, -0.1) is 0 Å². The minimum Gasteiger partial charge on any atom is -0.453 e. The van der Waals surface area contributed by atoms with Crippen LogP contribution in [0.15, 0.2) is 41.5 Å². The molecule has 2 aromatic carbocycles. The van der Waals surface area contributed by atoms with Crippen LogP contribution in [0.3, 0.4) is 0 Å². The number of hydrogen-bond acceptors (Lipinski definition) is 6. The summed E-state index contributed by atoms with van der Waals surface area (Å²) in [5, 5.41) is 9.73. The second-order valence-corrected chi connectivity index (χ2v) is 8.13. The number of benzene rings is 2. The van der Waals surface area contributed by atoms with Crippen molar-refractivity contribution in [3.63, 3.8) is 0 Å². The first-order chi connectivity index (χ1) is 13.6. The highest BCUT2D eigenvalue weighted by molar-refractivity contribution is 7.90. The molecule has 1 heterocycles. The molecule has 0 atom stereocenters. The zero-order chi connectivity index (χ0) is 21.3. The molecule has 0 saturated carbocycles. The third kappa shape index (κ3) is 3.89. The number of nitrogens with one attached hydrogen (secondary N) is 1. The number of aryl methyl sites for hydroxylation is 1. The lowest BCUT2D eigenvalue weighted by molar-refractivity contribution is 0.441. The fourth-order valence-electron chi connectivity index (χ4n) is 2.45. The summed E-state index contributed by atoms with van der Waals surface area (Å²) in [4.78, 5) is 16.4. The van der Waals surface area contributed by atoms with Gasteiger partial charge in [0.05, 0.1) is 22.9 Å². The minimum absolute atomic E-state index is 0.0885. The van der Waals surface area contributed by atoms with Crippen LogP contribution in [0, 0.1) is 17.1 Å². The molecule has 0 radical (unpaired) electrons. The molecule has 0 unspecified atom stereocenters. The highest BCUT2D eigenvalue weighted by Crippen LogP contribution is 2.34. The van der Waals surface area contributed by atoms with Crippen molar-refractivity contribution in [2.75, 3.05) is 18.8 Å². The Labute approximate surface area is 165 Å². The minimum atomic E-state index is -3.92. The Morgan fingerprint density at radius 3 is 2.66 bits per heavy atom. The molecule has 0 saturated heterocycles. The van der Waals surface area contributed by atoms with Crippen LogP contribution in [0.2, 0.25) is 0 Å². The number of nitrogens with zero attached hydrogens (tertiary/aromatic N) is 4. The molecule has 11 heteroatoms. The average Bonchev–Trinajstić information content (AvgIpc) is 2.67. The molecular weight excluding hydrogens is 401 g/mol. The maximum absolute atomic E-state index is 14.4. The number of rotatable bonds is 5. The Hall–Kier alpha value is -3.49. The predicted molar refractivity (Wildman–Crippen MR) is 104 cm³/mol. The van der Waals surface area contributed by atoms with Crippen molar-refractivity contribution in [2.24, 2.45) is 7.05 Å². The summed E-state index contributed by atoms with van der Waals surface area (Å²) in [7, 11) is 0.223. The lowest BCUT2D eigenvalue weighted by atomic mass is 10.1. The van der Waals surface area contributed by atoms with Gasteiger partial charge in [-0.2, -0.15) is 18.0 Å². The smallest absolute Gasteiger partial charge is 0.301 e. The van der Waals surface area contributed by atoms with Crippen molar-refractivity contribution in [1.82, 2.24) is 13.9 Å². The summed E-state index contributed by atoms with van der Waals surface area (Å²) in [6, 6.07) is 8.22. The summed E-state index contributed by atoms with van der Waals surface area (Å²) in [5.41, 5.74) is -0.381. The topological polar surface area (TPSA) is 117 Å². The van der Waals surface area contributed by atoms with E-state index in [0.717, 1.165) is 16.4 Å². The largest absolute Gasteiger partial charge is 0.453 e. The van der Waals surface area contributed by atoms with Gasteiger partial charge in [-0.1, -0.05) is 0 Å². The van der Waals surface area contributed by atoms with E-state index in [2.05, 4.69) is 9.71 Å². The van der Waals surface area contributed by atoms with Crippen LogP contribution in [-0.4, -0.2) is 36.4 Å². The molecule has 0 spiro atoms. The van der Waals surface area contributed by atoms with Gasteiger partial charge in [-0.05, 0) is 30.3 Å². The quantitative estimate of drug-likeness (QED) is 0.678. The molecule has 3 aromatic rings. The van der Waals surface area contributed by atoms with Crippen LogP contribution in [0.4, 0.5) is 10.1 Å². The zero-order valence-corrected chi connectivity index (χ0v) is 16.5. The first-order valence-electron chi connectivity index (χ1n) is 8.20. The molecule has 1 aromatic heterocycles. The second kappa shape index (κ2) is 7.50. The molecule has 0 aliphatic heterocycles. The maximum atomic E-state index is 14.4. The van der Waals surface area contributed by atoms with Gasteiger partial charge >= 0.3 is 10.2 Å². The Balaban J connectivity index is 2.09. The van der Waals surface area contributed by atoms with Crippen LogP contribution in [0.1, 0.15) is 5.56 Å². The number of aromatic nitrogens is 2. The number of ether oxygens (including phenoxy) is 1. The molecule has 0 aliphatic carbocycles. The highest BCUT2D eigenvalue weighted by atomic mass is 32.2. The number of anilines is 1. The third-order valence-electron chi connectivity index (χ3n) is 4.05. The first kappa shape index (κ1) is 20.2. The van der Waals surface area contributed by atoms with Gasteiger partial charge in [-0.25, -0.2) is 9.37 Å². The van der Waals surface area contributed by atoms with E-state index in [1.807, 2.05) is 0 Å². The van der Waals surface area contributed by atoms with E-state index < -0.39 is 21.8 Å². The van der Waals surface area contributed by atoms with Crippen molar-refractivity contribution >= 4 is 26.8 Å². The average molecular weight is 417 g/mol. The van der Waals surface area contributed by atoms with E-state index in [4.69, 9.17) is 4.74 Å². The van der Waals surface area contributed by atoms with Crippen LogP contribution < -0.4 is 15.0 Å². The molecular formula is C18H16FN5O4S. The van der Waals surface area contributed by atoms with Gasteiger partial charge in [0.15, 0.2) is 11.6 Å². The standard InChI is InChI=1S/C18H16FN5O4S/c1-23(2)29(26,27)22-16-7-5-14(19)17(13(16)9-20)28-11-4-6-15-12(8-11)18(25)24(3)10-21-15/h4-8,10,22H,1-3H3. The summed E-state index contributed by atoms with van der Waals surface area (Å²) < 4.78 is 48.5. The fourth-order valence-corrected chi connectivity index (χ4v) is 3.09. The monoisotopic (exact) mass is 417 g/mol. The number of nitriles is 1. The van der Waals surface area contributed by atoms with E-state index in [1.165, 1.54) is 50.2 Å². The highest BCUT2D eigenvalue weighted by Gasteiger charge is 2.21. The molecule has 0 aliphatic rings. The van der Waals surface area contributed by atoms with Crippen LogP contribution in [0.5, 0.6) is 11.5 Å². The van der Waals surface area contributed by atoms with Crippen molar-refractivity contribution in [2.45, 2.75) is 0 Å². The second-order valence-electron chi connectivity index (χ2n) is 6.24. The van der Waals surface area contributed by atoms with E-state index >= 15 is 0 Å². The van der Waals surface area contributed by atoms with Crippen LogP contribution >= 0.6 is 0 Å². The van der Waals surface area contributed by atoms with E-state index in [1.54, 1.807) is 6.07 Å². The van der Waals surface area contributed by atoms with Crippen molar-refractivity contribution in [3.8, 4) is 17.6 Å². The Kier molecular flexibility index (Phi) is 5.23. The zero-order valence-electron chi connectivity index (χ0n) is 15.7. The van der Waals surface area contributed by atoms with Gasteiger partial charge in [0.1, 0.15) is 17.4 Å². The molecule has 150 valence electrons. The Bertz CT molecular complexity index is 1310. The fraction of sp³-hybridized carbons (Fsp3) is 0.167. The molecule has 0 bridgehead atoms. The predicted octanol–water partition coefficient (Wildman–Crippen LogP) is 1.95. The molecule has 3 rings (SSSR count). The van der Waals surface area contributed by atoms with Crippen molar-refractivity contribution in [3.05, 3.63) is 58.4 Å². The van der Waals surface area contributed by atoms with E-state index in [0.29, 0.717) is 5.52 Å². The molecule has 9 nitrogen and oxygen atoms in total. The van der Waals surface area contributed by atoms with Gasteiger partial charge < -0.3 is 9.30 Å². The molecule has 29 heavy (non-hydrogen) atoms. The summed E-state index contributed by atoms with van der Waals surface area (Å²) in [6.45, 7) is 0. The number of fused-ring (bicyclic) bond motifs is 1. The van der Waals surface area contributed by atoms with Crippen LogP contribution in [0.25, 0.3) is 10.9 Å². The Morgan fingerprint density at radius 2 is 2.00 bits per heavy atom. The third-order valence-corrected chi connectivity index (χ3v) is 5.49. The van der Waals surface area contributed by atoms with Crippen molar-refractivity contribution < 1.29 is 17.5 Å². The molecule has 0 fully saturated rings. The van der Waals surface area contributed by atoms with Gasteiger partial charge in [0.2, 0.25) is 0 Å². The SMILES string of the molecule is CN(C)S(=O)(=O)Nc1ccc(F)c(Oc2ccc3ncn(C)c(=O)c3c2)c1C#N.